The summed E-state index contributed by atoms with van der Waals surface area (Å²) in [6, 6.07) is 5.12. The van der Waals surface area contributed by atoms with E-state index in [9.17, 15) is 9.59 Å². The molecule has 5 heteroatoms. The number of hydrogen-bond acceptors (Lipinski definition) is 3. The van der Waals surface area contributed by atoms with Crippen molar-refractivity contribution in [3.05, 3.63) is 28.2 Å². The molecular weight excluding hydrogens is 310 g/mol. The van der Waals surface area contributed by atoms with Crippen molar-refractivity contribution in [2.45, 2.75) is 33.2 Å². The first-order valence-electron chi connectivity index (χ1n) is 5.93. The zero-order valence-electron chi connectivity index (χ0n) is 11.5. The Morgan fingerprint density at radius 3 is 2.47 bits per heavy atom. The molecule has 0 saturated carbocycles. The predicted octanol–water partition coefficient (Wildman–Crippen LogP) is 2.95. The number of ether oxygens (including phenoxy) is 1. The number of halogens is 1. The minimum absolute atomic E-state index is 0.104. The van der Waals surface area contributed by atoms with E-state index in [-0.39, 0.29) is 23.8 Å². The van der Waals surface area contributed by atoms with Gasteiger partial charge in [-0.05, 0) is 45.9 Å². The normalized spacial score (nSPS) is 11.0. The Morgan fingerprint density at radius 1 is 1.32 bits per heavy atom. The van der Waals surface area contributed by atoms with Crippen molar-refractivity contribution in [1.82, 2.24) is 5.32 Å². The number of ketones is 1. The number of Topliss-reactive ketones (excluding diaryl/α,β-unsaturated/α-hetero) is 1. The van der Waals surface area contributed by atoms with Gasteiger partial charge in [0.25, 0.3) is 5.91 Å². The van der Waals surface area contributed by atoms with Crippen molar-refractivity contribution >= 4 is 27.6 Å². The quantitative estimate of drug-likeness (QED) is 0.865. The number of hydrogen-bond donors (Lipinski definition) is 1. The minimum Gasteiger partial charge on any atom is -0.483 e. The second-order valence-electron chi connectivity index (χ2n) is 5.28. The number of nitrogens with one attached hydrogen (secondary N) is 1. The number of carbonyl (C=O) groups excluding carboxylic acids is 2. The molecule has 0 saturated heterocycles. The lowest BCUT2D eigenvalue weighted by atomic mass is 10.1. The first-order chi connectivity index (χ1) is 8.69. The Balaban J connectivity index is 2.73. The molecular formula is C14H18BrNO3. The van der Waals surface area contributed by atoms with E-state index in [4.69, 9.17) is 4.74 Å². The highest BCUT2D eigenvalue weighted by Crippen LogP contribution is 2.23. The van der Waals surface area contributed by atoms with Crippen molar-refractivity contribution in [3.8, 4) is 5.75 Å². The summed E-state index contributed by atoms with van der Waals surface area (Å²) in [4.78, 5) is 23.1. The van der Waals surface area contributed by atoms with Gasteiger partial charge in [0.1, 0.15) is 5.75 Å². The molecule has 1 aromatic carbocycles. The molecule has 1 rings (SSSR count). The third kappa shape index (κ3) is 5.42. The number of rotatable bonds is 4. The van der Waals surface area contributed by atoms with Gasteiger partial charge in [-0.25, -0.2) is 0 Å². The molecule has 0 unspecified atom stereocenters. The maximum absolute atomic E-state index is 11.6. The van der Waals surface area contributed by atoms with Gasteiger partial charge >= 0.3 is 0 Å². The Morgan fingerprint density at radius 2 is 1.95 bits per heavy atom. The van der Waals surface area contributed by atoms with Crippen molar-refractivity contribution < 1.29 is 14.3 Å². The average Bonchev–Trinajstić information content (AvgIpc) is 2.24. The molecule has 0 heterocycles. The maximum Gasteiger partial charge on any atom is 0.258 e. The van der Waals surface area contributed by atoms with Crippen molar-refractivity contribution in [1.29, 1.82) is 0 Å². The Bertz CT molecular complexity index is 492. The summed E-state index contributed by atoms with van der Waals surface area (Å²) in [5, 5.41) is 2.79. The molecule has 19 heavy (non-hydrogen) atoms. The molecule has 0 bridgehead atoms. The first kappa shape index (κ1) is 15.7. The van der Waals surface area contributed by atoms with Gasteiger partial charge in [-0.1, -0.05) is 15.9 Å². The molecule has 0 aliphatic heterocycles. The molecule has 0 radical (unpaired) electrons. The Labute approximate surface area is 121 Å². The van der Waals surface area contributed by atoms with E-state index in [0.29, 0.717) is 11.3 Å². The molecule has 4 nitrogen and oxygen atoms in total. The van der Waals surface area contributed by atoms with E-state index in [0.717, 1.165) is 4.47 Å². The maximum atomic E-state index is 11.6. The van der Waals surface area contributed by atoms with E-state index in [1.165, 1.54) is 6.92 Å². The van der Waals surface area contributed by atoms with Gasteiger partial charge in [0.2, 0.25) is 0 Å². The smallest absolute Gasteiger partial charge is 0.258 e. The second-order valence-corrected chi connectivity index (χ2v) is 6.20. The van der Waals surface area contributed by atoms with Gasteiger partial charge in [-0.15, -0.1) is 0 Å². The summed E-state index contributed by atoms with van der Waals surface area (Å²) in [5.74, 6) is 0.0946. The molecule has 0 atom stereocenters. The van der Waals surface area contributed by atoms with Crippen LogP contribution in [0.25, 0.3) is 0 Å². The highest BCUT2D eigenvalue weighted by atomic mass is 79.9. The molecule has 0 spiro atoms. The topological polar surface area (TPSA) is 55.4 Å². The third-order valence-corrected chi connectivity index (χ3v) is 2.69. The molecule has 0 fully saturated rings. The minimum atomic E-state index is -0.302. The standard InChI is InChI=1S/C14H18BrNO3/c1-9(17)11-7-10(15)5-6-12(11)19-8-13(18)16-14(2,3)4/h5-7H,8H2,1-4H3,(H,16,18). The summed E-state index contributed by atoms with van der Waals surface area (Å²) in [5.41, 5.74) is 0.154. The second kappa shape index (κ2) is 6.19. The SMILES string of the molecule is CC(=O)c1cc(Br)ccc1OCC(=O)NC(C)(C)C. The van der Waals surface area contributed by atoms with Crippen LogP contribution < -0.4 is 10.1 Å². The third-order valence-electron chi connectivity index (χ3n) is 2.19. The van der Waals surface area contributed by atoms with Crippen molar-refractivity contribution in [3.63, 3.8) is 0 Å². The summed E-state index contributed by atoms with van der Waals surface area (Å²) in [6.07, 6.45) is 0. The van der Waals surface area contributed by atoms with Gasteiger partial charge in [0, 0.05) is 10.0 Å². The highest BCUT2D eigenvalue weighted by molar-refractivity contribution is 9.10. The van der Waals surface area contributed by atoms with E-state index < -0.39 is 0 Å². The van der Waals surface area contributed by atoms with Crippen LogP contribution in [-0.2, 0) is 4.79 Å². The highest BCUT2D eigenvalue weighted by Gasteiger charge is 2.15. The lowest BCUT2D eigenvalue weighted by Crippen LogP contribution is -2.43. The fourth-order valence-electron chi connectivity index (χ4n) is 1.50. The Hall–Kier alpha value is -1.36. The number of carbonyl (C=O) groups is 2. The zero-order chi connectivity index (χ0) is 14.6. The summed E-state index contributed by atoms with van der Waals surface area (Å²) in [6.45, 7) is 7.03. The van der Waals surface area contributed by atoms with Crippen LogP contribution in [0.1, 0.15) is 38.1 Å². The van der Waals surface area contributed by atoms with Crippen LogP contribution >= 0.6 is 15.9 Å². The molecule has 0 aromatic heterocycles. The molecule has 0 aliphatic rings. The van der Waals surface area contributed by atoms with Crippen LogP contribution in [0.3, 0.4) is 0 Å². The van der Waals surface area contributed by atoms with Gasteiger partial charge in [0.15, 0.2) is 12.4 Å². The zero-order valence-corrected chi connectivity index (χ0v) is 13.1. The van der Waals surface area contributed by atoms with Gasteiger partial charge < -0.3 is 10.1 Å². The van der Waals surface area contributed by atoms with E-state index >= 15 is 0 Å². The van der Waals surface area contributed by atoms with Crippen LogP contribution in [0.2, 0.25) is 0 Å². The average molecular weight is 328 g/mol. The van der Waals surface area contributed by atoms with Crippen LogP contribution in [-0.4, -0.2) is 23.8 Å². The first-order valence-corrected chi connectivity index (χ1v) is 6.72. The van der Waals surface area contributed by atoms with Gasteiger partial charge in [-0.3, -0.25) is 9.59 Å². The van der Waals surface area contributed by atoms with E-state index in [2.05, 4.69) is 21.2 Å². The fourth-order valence-corrected chi connectivity index (χ4v) is 1.86. The molecule has 1 N–H and O–H groups in total. The van der Waals surface area contributed by atoms with Crippen molar-refractivity contribution in [2.75, 3.05) is 6.61 Å². The van der Waals surface area contributed by atoms with E-state index in [1.54, 1.807) is 18.2 Å². The van der Waals surface area contributed by atoms with Crippen LogP contribution in [0, 0.1) is 0 Å². The van der Waals surface area contributed by atoms with Gasteiger partial charge in [0.05, 0.1) is 5.56 Å². The van der Waals surface area contributed by atoms with Crippen LogP contribution in [0.5, 0.6) is 5.75 Å². The monoisotopic (exact) mass is 327 g/mol. The molecule has 1 aromatic rings. The fraction of sp³-hybridized carbons (Fsp3) is 0.429. The summed E-state index contributed by atoms with van der Waals surface area (Å²) in [7, 11) is 0. The number of amides is 1. The van der Waals surface area contributed by atoms with E-state index in [1.807, 2.05) is 20.8 Å². The van der Waals surface area contributed by atoms with Crippen LogP contribution in [0.15, 0.2) is 22.7 Å². The molecule has 1 amide bonds. The molecule has 0 aliphatic carbocycles. The summed E-state index contributed by atoms with van der Waals surface area (Å²) >= 11 is 3.30. The van der Waals surface area contributed by atoms with Gasteiger partial charge in [-0.2, -0.15) is 0 Å². The largest absolute Gasteiger partial charge is 0.483 e. The number of benzene rings is 1. The predicted molar refractivity (Wildman–Crippen MR) is 77.5 cm³/mol. The lowest BCUT2D eigenvalue weighted by molar-refractivity contribution is -0.124. The Kier molecular flexibility index (Phi) is 5.11. The molecule has 104 valence electrons. The van der Waals surface area contributed by atoms with Crippen molar-refractivity contribution in [2.24, 2.45) is 0 Å². The summed E-state index contributed by atoms with van der Waals surface area (Å²) < 4.78 is 6.20. The van der Waals surface area contributed by atoms with Crippen LogP contribution in [0.4, 0.5) is 0 Å². The lowest BCUT2D eigenvalue weighted by Gasteiger charge is -2.20.